The van der Waals surface area contributed by atoms with E-state index in [2.05, 4.69) is 33.9 Å². The maximum Gasteiger partial charge on any atom is 0.256 e. The Kier molecular flexibility index (Phi) is 4.79. The molecule has 0 atom stereocenters. The predicted molar refractivity (Wildman–Crippen MR) is 85.8 cm³/mol. The first-order valence-corrected chi connectivity index (χ1v) is 7.22. The third-order valence-corrected chi connectivity index (χ3v) is 4.18. The summed E-state index contributed by atoms with van der Waals surface area (Å²) in [6, 6.07) is 10.3. The molecule has 0 saturated carbocycles. The van der Waals surface area contributed by atoms with Crippen molar-refractivity contribution in [2.24, 2.45) is 0 Å². The minimum atomic E-state index is -0.285. The number of thiol groups is 1. The molecule has 19 heavy (non-hydrogen) atoms. The lowest BCUT2D eigenvalue weighted by atomic mass is 10.2. The van der Waals surface area contributed by atoms with Crippen LogP contribution in [0.3, 0.4) is 0 Å². The summed E-state index contributed by atoms with van der Waals surface area (Å²) in [6.07, 6.45) is 0. The van der Waals surface area contributed by atoms with Gasteiger partial charge in [0.25, 0.3) is 5.91 Å². The molecule has 2 aromatic rings. The fourth-order valence-corrected chi connectivity index (χ4v) is 2.46. The van der Waals surface area contributed by atoms with E-state index < -0.39 is 0 Å². The fourth-order valence-electron chi connectivity index (χ4n) is 1.48. The first-order chi connectivity index (χ1) is 8.99. The van der Waals surface area contributed by atoms with Crippen molar-refractivity contribution in [2.45, 2.75) is 4.90 Å². The lowest BCUT2D eigenvalue weighted by Crippen LogP contribution is -2.13. The summed E-state index contributed by atoms with van der Waals surface area (Å²) in [5, 5.41) is 3.42. The molecule has 6 heteroatoms. The summed E-state index contributed by atoms with van der Waals surface area (Å²) in [5.74, 6) is -0.285. The van der Waals surface area contributed by atoms with Gasteiger partial charge < -0.3 is 5.32 Å². The van der Waals surface area contributed by atoms with Gasteiger partial charge in [0, 0.05) is 9.37 Å². The van der Waals surface area contributed by atoms with E-state index in [0.717, 1.165) is 0 Å². The minimum absolute atomic E-state index is 0.285. The van der Waals surface area contributed by atoms with E-state index in [1.165, 1.54) is 0 Å². The minimum Gasteiger partial charge on any atom is -0.321 e. The van der Waals surface area contributed by atoms with Crippen molar-refractivity contribution in [3.05, 3.63) is 56.5 Å². The van der Waals surface area contributed by atoms with E-state index in [-0.39, 0.29) is 5.91 Å². The van der Waals surface area contributed by atoms with Crippen LogP contribution in [0.25, 0.3) is 0 Å². The van der Waals surface area contributed by atoms with Gasteiger partial charge in [-0.15, -0.1) is 12.6 Å². The van der Waals surface area contributed by atoms with Gasteiger partial charge in [-0.1, -0.05) is 29.3 Å². The summed E-state index contributed by atoms with van der Waals surface area (Å²) >= 11 is 19.5. The molecule has 2 nitrogen and oxygen atoms in total. The number of halogens is 3. The normalized spacial score (nSPS) is 10.3. The molecule has 2 aromatic carbocycles. The molecule has 0 aliphatic rings. The van der Waals surface area contributed by atoms with Crippen LogP contribution in [0.2, 0.25) is 10.0 Å². The number of benzene rings is 2. The van der Waals surface area contributed by atoms with Gasteiger partial charge in [-0.2, -0.15) is 0 Å². The summed E-state index contributed by atoms with van der Waals surface area (Å²) in [7, 11) is 0. The molecule has 0 fully saturated rings. The monoisotopic (exact) mass is 375 g/mol. The third kappa shape index (κ3) is 3.45. The maximum absolute atomic E-state index is 12.2. The van der Waals surface area contributed by atoms with Gasteiger partial charge in [-0.25, -0.2) is 0 Å². The quantitative estimate of drug-likeness (QED) is 0.684. The lowest BCUT2D eigenvalue weighted by molar-refractivity contribution is 0.102. The second-order valence-electron chi connectivity index (χ2n) is 3.72. The number of carbonyl (C=O) groups is 1. The molecule has 1 amide bonds. The largest absolute Gasteiger partial charge is 0.321 e. The van der Waals surface area contributed by atoms with Gasteiger partial charge in [0.15, 0.2) is 0 Å². The molecule has 1 N–H and O–H groups in total. The zero-order chi connectivity index (χ0) is 14.0. The Bertz CT molecular complexity index is 649. The first kappa shape index (κ1) is 14.7. The molecular weight excluding hydrogens is 369 g/mol. The van der Waals surface area contributed by atoms with Crippen LogP contribution in [-0.4, -0.2) is 5.91 Å². The van der Waals surface area contributed by atoms with E-state index in [4.69, 9.17) is 23.2 Å². The highest BCUT2D eigenvalue weighted by Gasteiger charge is 2.13. The van der Waals surface area contributed by atoms with Crippen molar-refractivity contribution in [1.29, 1.82) is 0 Å². The van der Waals surface area contributed by atoms with Crippen molar-refractivity contribution in [3.63, 3.8) is 0 Å². The van der Waals surface area contributed by atoms with E-state index in [1.54, 1.807) is 36.4 Å². The number of nitrogens with one attached hydrogen (secondary N) is 1. The van der Waals surface area contributed by atoms with Gasteiger partial charge in [-0.05, 0) is 46.3 Å². The third-order valence-electron chi connectivity index (χ3n) is 2.39. The molecule has 0 bridgehead atoms. The molecule has 2 rings (SSSR count). The van der Waals surface area contributed by atoms with Crippen LogP contribution in [0, 0.1) is 0 Å². The Morgan fingerprint density at radius 1 is 1.21 bits per heavy atom. The van der Waals surface area contributed by atoms with E-state index in [0.29, 0.717) is 30.7 Å². The van der Waals surface area contributed by atoms with Crippen LogP contribution in [0.4, 0.5) is 5.69 Å². The van der Waals surface area contributed by atoms with Crippen LogP contribution in [0.15, 0.2) is 45.8 Å². The fraction of sp³-hybridized carbons (Fsp3) is 0. The molecule has 0 aromatic heterocycles. The standard InChI is InChI=1S/C13H8BrCl2NOS/c14-9-5-4-7(19)6-8(9)13(18)17-11-3-1-2-10(15)12(11)16/h1-6,19H,(H,17,18). The first-order valence-electron chi connectivity index (χ1n) is 5.23. The number of carbonyl (C=O) groups excluding carboxylic acids is 1. The number of rotatable bonds is 2. The van der Waals surface area contributed by atoms with Crippen LogP contribution in [-0.2, 0) is 0 Å². The van der Waals surface area contributed by atoms with Gasteiger partial charge in [0.2, 0.25) is 0 Å². The van der Waals surface area contributed by atoms with Crippen LogP contribution in [0.1, 0.15) is 10.4 Å². The molecule has 0 radical (unpaired) electrons. The van der Waals surface area contributed by atoms with Crippen LogP contribution < -0.4 is 5.32 Å². The smallest absolute Gasteiger partial charge is 0.256 e. The van der Waals surface area contributed by atoms with Gasteiger partial charge in [-0.3, -0.25) is 4.79 Å². The predicted octanol–water partition coefficient (Wildman–Crippen LogP) is 5.30. The average Bonchev–Trinajstić information content (AvgIpc) is 2.38. The van der Waals surface area contributed by atoms with Gasteiger partial charge >= 0.3 is 0 Å². The Morgan fingerprint density at radius 2 is 1.95 bits per heavy atom. The van der Waals surface area contributed by atoms with Gasteiger partial charge in [0.05, 0.1) is 21.3 Å². The molecule has 0 saturated heterocycles. The number of anilines is 1. The molecule has 0 aliphatic heterocycles. The van der Waals surface area contributed by atoms with Crippen molar-refractivity contribution in [3.8, 4) is 0 Å². The van der Waals surface area contributed by atoms with Crippen molar-refractivity contribution in [2.75, 3.05) is 5.32 Å². The molecule has 0 heterocycles. The molecular formula is C13H8BrCl2NOS. The van der Waals surface area contributed by atoms with Crippen LogP contribution in [0.5, 0.6) is 0 Å². The average molecular weight is 377 g/mol. The van der Waals surface area contributed by atoms with Crippen LogP contribution >= 0.6 is 51.8 Å². The Hall–Kier alpha value is -0.680. The number of hydrogen-bond acceptors (Lipinski definition) is 2. The number of hydrogen-bond donors (Lipinski definition) is 2. The van der Waals surface area contributed by atoms with E-state index >= 15 is 0 Å². The number of amides is 1. The maximum atomic E-state index is 12.2. The molecule has 0 aliphatic carbocycles. The zero-order valence-electron chi connectivity index (χ0n) is 9.45. The highest BCUT2D eigenvalue weighted by Crippen LogP contribution is 2.30. The molecule has 0 unspecified atom stereocenters. The van der Waals surface area contributed by atoms with Crippen molar-refractivity contribution >= 4 is 63.4 Å². The van der Waals surface area contributed by atoms with Gasteiger partial charge in [0.1, 0.15) is 0 Å². The van der Waals surface area contributed by atoms with Crippen molar-refractivity contribution < 1.29 is 4.79 Å². The Morgan fingerprint density at radius 3 is 2.68 bits per heavy atom. The summed E-state index contributed by atoms with van der Waals surface area (Å²) in [6.45, 7) is 0. The Labute approximate surface area is 134 Å². The zero-order valence-corrected chi connectivity index (χ0v) is 13.4. The second-order valence-corrected chi connectivity index (χ2v) is 5.88. The highest BCUT2D eigenvalue weighted by molar-refractivity contribution is 9.10. The summed E-state index contributed by atoms with van der Waals surface area (Å²) in [4.78, 5) is 12.9. The summed E-state index contributed by atoms with van der Waals surface area (Å²) in [5.41, 5.74) is 0.944. The molecule has 0 spiro atoms. The SMILES string of the molecule is O=C(Nc1cccc(Cl)c1Cl)c1cc(S)ccc1Br. The van der Waals surface area contributed by atoms with E-state index in [9.17, 15) is 4.79 Å². The topological polar surface area (TPSA) is 29.1 Å². The summed E-state index contributed by atoms with van der Waals surface area (Å²) < 4.78 is 0.681. The molecule has 98 valence electrons. The lowest BCUT2D eigenvalue weighted by Gasteiger charge is -2.09. The highest BCUT2D eigenvalue weighted by atomic mass is 79.9. The second kappa shape index (κ2) is 6.18. The van der Waals surface area contributed by atoms with Crippen molar-refractivity contribution in [1.82, 2.24) is 0 Å². The Balaban J connectivity index is 2.31. The van der Waals surface area contributed by atoms with E-state index in [1.807, 2.05) is 0 Å².